The van der Waals surface area contributed by atoms with E-state index >= 15 is 0 Å². The zero-order chi connectivity index (χ0) is 17.8. The van der Waals surface area contributed by atoms with Crippen LogP contribution in [0.5, 0.6) is 0 Å². The fraction of sp³-hybridized carbons (Fsp3) is 0.118. The average Bonchev–Trinajstić information content (AvgIpc) is 3.26. The third kappa shape index (κ3) is 3.52. The monoisotopic (exact) mass is 339 g/mol. The van der Waals surface area contributed by atoms with Crippen LogP contribution >= 0.6 is 0 Å². The highest BCUT2D eigenvalue weighted by atomic mass is 16.3. The Bertz CT molecular complexity index is 898. The van der Waals surface area contributed by atoms with Crippen LogP contribution in [-0.4, -0.2) is 28.8 Å². The van der Waals surface area contributed by atoms with Gasteiger partial charge in [-0.1, -0.05) is 18.2 Å². The molecule has 8 nitrogen and oxygen atoms in total. The number of amides is 3. The van der Waals surface area contributed by atoms with E-state index in [-0.39, 0.29) is 5.56 Å². The molecule has 2 heterocycles. The molecule has 0 aliphatic heterocycles. The molecule has 3 amide bonds. The Labute approximate surface area is 143 Å². The molecule has 0 unspecified atom stereocenters. The number of benzene rings is 1. The molecule has 3 rings (SSSR count). The third-order valence-corrected chi connectivity index (χ3v) is 3.47. The van der Waals surface area contributed by atoms with Crippen LogP contribution in [0.15, 0.2) is 53.1 Å². The Hall–Kier alpha value is -3.55. The number of aromatic nitrogens is 2. The molecule has 0 aliphatic rings. The molecule has 0 fully saturated rings. The average molecular weight is 339 g/mol. The van der Waals surface area contributed by atoms with Crippen molar-refractivity contribution in [3.05, 3.63) is 60.0 Å². The van der Waals surface area contributed by atoms with Crippen molar-refractivity contribution in [1.82, 2.24) is 25.9 Å². The van der Waals surface area contributed by atoms with E-state index in [4.69, 9.17) is 4.42 Å². The Morgan fingerprint density at radius 3 is 2.48 bits per heavy atom. The van der Waals surface area contributed by atoms with E-state index in [0.29, 0.717) is 17.2 Å². The van der Waals surface area contributed by atoms with Crippen LogP contribution in [0.2, 0.25) is 0 Å². The Morgan fingerprint density at radius 2 is 1.84 bits per heavy atom. The van der Waals surface area contributed by atoms with Gasteiger partial charge in [0.1, 0.15) is 11.5 Å². The number of rotatable bonds is 3. The van der Waals surface area contributed by atoms with Gasteiger partial charge in [-0.05, 0) is 31.2 Å². The molecule has 0 radical (unpaired) electrons. The summed E-state index contributed by atoms with van der Waals surface area (Å²) >= 11 is 0. The van der Waals surface area contributed by atoms with Gasteiger partial charge in [0.15, 0.2) is 5.76 Å². The summed E-state index contributed by atoms with van der Waals surface area (Å²) in [5, 5.41) is 6.81. The van der Waals surface area contributed by atoms with Crippen molar-refractivity contribution in [2.45, 2.75) is 6.92 Å². The van der Waals surface area contributed by atoms with Crippen LogP contribution in [0.3, 0.4) is 0 Å². The maximum atomic E-state index is 12.5. The topological polar surface area (TPSA) is 101 Å². The van der Waals surface area contributed by atoms with Crippen molar-refractivity contribution in [2.75, 3.05) is 7.05 Å². The predicted octanol–water partition coefficient (Wildman–Crippen LogP) is 2.01. The molecule has 0 spiro atoms. The minimum atomic E-state index is -0.529. The minimum absolute atomic E-state index is 0.273. The molecule has 0 bridgehead atoms. The van der Waals surface area contributed by atoms with E-state index in [9.17, 15) is 9.59 Å². The number of aryl methyl sites for hydroxylation is 1. The van der Waals surface area contributed by atoms with Crippen LogP contribution < -0.4 is 16.2 Å². The molecule has 0 saturated heterocycles. The van der Waals surface area contributed by atoms with Gasteiger partial charge in [-0.25, -0.2) is 14.9 Å². The summed E-state index contributed by atoms with van der Waals surface area (Å²) in [6.07, 6.45) is 1.59. The Kier molecular flexibility index (Phi) is 4.51. The molecule has 25 heavy (non-hydrogen) atoms. The number of furan rings is 1. The zero-order valence-corrected chi connectivity index (χ0v) is 13.7. The molecule has 128 valence electrons. The smallest absolute Gasteiger partial charge is 0.333 e. The second-order valence-corrected chi connectivity index (χ2v) is 5.24. The van der Waals surface area contributed by atoms with E-state index in [1.165, 1.54) is 7.05 Å². The Balaban J connectivity index is 1.98. The first-order valence-corrected chi connectivity index (χ1v) is 7.58. The number of carbonyl (C=O) groups is 2. The Morgan fingerprint density at radius 1 is 1.08 bits per heavy atom. The molecule has 0 saturated carbocycles. The van der Waals surface area contributed by atoms with Gasteiger partial charge in [0, 0.05) is 13.2 Å². The molecule has 3 aromatic rings. The summed E-state index contributed by atoms with van der Waals surface area (Å²) in [5.74, 6) is 0.672. The molecular formula is C17H17N5O3. The lowest BCUT2D eigenvalue weighted by atomic mass is 10.2. The standard InChI is InChI=1S/C17H17N5O3/c1-11-8-9-14(25-11)15-13(16(23)19-20-17(24)18-2)10-22(21-15)12-6-4-3-5-7-12/h3-10H,1-2H3,(H,19,23)(H2,18,20,24). The van der Waals surface area contributed by atoms with Crippen LogP contribution in [-0.2, 0) is 0 Å². The van der Waals surface area contributed by atoms with Crippen molar-refractivity contribution in [1.29, 1.82) is 0 Å². The van der Waals surface area contributed by atoms with Crippen molar-refractivity contribution < 1.29 is 14.0 Å². The summed E-state index contributed by atoms with van der Waals surface area (Å²) in [4.78, 5) is 23.7. The zero-order valence-electron chi connectivity index (χ0n) is 13.7. The van der Waals surface area contributed by atoms with E-state index < -0.39 is 11.9 Å². The van der Waals surface area contributed by atoms with E-state index in [2.05, 4.69) is 21.3 Å². The first-order valence-electron chi connectivity index (χ1n) is 7.58. The summed E-state index contributed by atoms with van der Waals surface area (Å²) in [6.45, 7) is 1.81. The maximum Gasteiger partial charge on any atom is 0.333 e. The number of nitrogens with zero attached hydrogens (tertiary/aromatic N) is 2. The quantitative estimate of drug-likeness (QED) is 0.635. The molecule has 8 heteroatoms. The van der Waals surface area contributed by atoms with Crippen molar-refractivity contribution >= 4 is 11.9 Å². The number of hydrogen-bond donors (Lipinski definition) is 3. The fourth-order valence-electron chi connectivity index (χ4n) is 2.24. The van der Waals surface area contributed by atoms with Gasteiger partial charge in [0.05, 0.1) is 11.3 Å². The third-order valence-electron chi connectivity index (χ3n) is 3.47. The van der Waals surface area contributed by atoms with Gasteiger partial charge in [-0.15, -0.1) is 0 Å². The highest BCUT2D eigenvalue weighted by Crippen LogP contribution is 2.25. The van der Waals surface area contributed by atoms with E-state index in [1.54, 1.807) is 23.0 Å². The first-order chi connectivity index (χ1) is 12.1. The number of hydrazine groups is 1. The van der Waals surface area contributed by atoms with Crippen molar-refractivity contribution in [3.63, 3.8) is 0 Å². The lowest BCUT2D eigenvalue weighted by molar-refractivity contribution is 0.0937. The lowest BCUT2D eigenvalue weighted by Crippen LogP contribution is -2.45. The second-order valence-electron chi connectivity index (χ2n) is 5.24. The van der Waals surface area contributed by atoms with Crippen LogP contribution in [0.1, 0.15) is 16.1 Å². The number of hydrogen-bond acceptors (Lipinski definition) is 4. The van der Waals surface area contributed by atoms with E-state index in [1.807, 2.05) is 37.3 Å². The molecule has 2 aromatic heterocycles. The molecular weight excluding hydrogens is 322 g/mol. The van der Waals surface area contributed by atoms with Crippen molar-refractivity contribution in [3.8, 4) is 17.1 Å². The van der Waals surface area contributed by atoms with Gasteiger partial charge >= 0.3 is 6.03 Å². The van der Waals surface area contributed by atoms with E-state index in [0.717, 1.165) is 5.69 Å². The van der Waals surface area contributed by atoms with Crippen LogP contribution in [0.4, 0.5) is 4.79 Å². The first kappa shape index (κ1) is 16.3. The molecule has 1 aromatic carbocycles. The highest BCUT2D eigenvalue weighted by molar-refractivity contribution is 6.00. The SMILES string of the molecule is CNC(=O)NNC(=O)c1cn(-c2ccccc2)nc1-c1ccc(C)o1. The summed E-state index contributed by atoms with van der Waals surface area (Å²) in [6, 6.07) is 12.4. The number of nitrogens with one attached hydrogen (secondary N) is 3. The normalized spacial score (nSPS) is 10.3. The summed E-state index contributed by atoms with van der Waals surface area (Å²) in [7, 11) is 1.45. The molecule has 3 N–H and O–H groups in total. The number of urea groups is 1. The van der Waals surface area contributed by atoms with Crippen molar-refractivity contribution in [2.24, 2.45) is 0 Å². The molecule has 0 aliphatic carbocycles. The lowest BCUT2D eigenvalue weighted by Gasteiger charge is -2.05. The summed E-state index contributed by atoms with van der Waals surface area (Å²) in [5.41, 5.74) is 6.03. The number of carbonyl (C=O) groups excluding carboxylic acids is 2. The largest absolute Gasteiger partial charge is 0.460 e. The fourth-order valence-corrected chi connectivity index (χ4v) is 2.24. The van der Waals surface area contributed by atoms with Gasteiger partial charge in [0.2, 0.25) is 0 Å². The van der Waals surface area contributed by atoms with Crippen LogP contribution in [0, 0.1) is 6.92 Å². The van der Waals surface area contributed by atoms with Gasteiger partial charge < -0.3 is 9.73 Å². The van der Waals surface area contributed by atoms with Gasteiger partial charge in [-0.2, -0.15) is 5.10 Å². The predicted molar refractivity (Wildman–Crippen MR) is 91.1 cm³/mol. The molecule has 0 atom stereocenters. The highest BCUT2D eigenvalue weighted by Gasteiger charge is 2.21. The number of para-hydroxylation sites is 1. The van der Waals surface area contributed by atoms with Gasteiger partial charge in [0.25, 0.3) is 5.91 Å². The van der Waals surface area contributed by atoms with Gasteiger partial charge in [-0.3, -0.25) is 10.2 Å². The second kappa shape index (κ2) is 6.91. The van der Waals surface area contributed by atoms with Crippen LogP contribution in [0.25, 0.3) is 17.1 Å². The summed E-state index contributed by atoms with van der Waals surface area (Å²) < 4.78 is 7.19. The maximum absolute atomic E-state index is 12.5. The minimum Gasteiger partial charge on any atom is -0.460 e.